The maximum Gasteiger partial charge on any atom is 0.143 e. The van der Waals surface area contributed by atoms with Gasteiger partial charge in [0.15, 0.2) is 0 Å². The summed E-state index contributed by atoms with van der Waals surface area (Å²) in [5.74, 6) is 1.76. The molecule has 0 N–H and O–H groups in total. The second-order valence-corrected chi connectivity index (χ2v) is 13.6. The molecule has 8 aromatic carbocycles. The molecule has 0 amide bonds. The van der Waals surface area contributed by atoms with E-state index in [1.165, 1.54) is 27.8 Å². The van der Waals surface area contributed by atoms with Crippen molar-refractivity contribution >= 4 is 39.0 Å². The van der Waals surface area contributed by atoms with Crippen molar-refractivity contribution in [3.63, 3.8) is 0 Å². The van der Waals surface area contributed by atoms with E-state index in [0.29, 0.717) is 0 Å². The first-order valence-corrected chi connectivity index (χ1v) is 17.8. The van der Waals surface area contributed by atoms with Crippen LogP contribution in [0.2, 0.25) is 0 Å². The molecule has 0 unspecified atom stereocenters. The fourth-order valence-corrected chi connectivity index (χ4v) is 8.82. The molecule has 1 aromatic heterocycles. The Balaban J connectivity index is 1.18. The van der Waals surface area contributed by atoms with E-state index in [9.17, 15) is 0 Å². The molecule has 3 nitrogen and oxygen atoms in total. The molecule has 2 aliphatic rings. The zero-order valence-electron chi connectivity index (χ0n) is 28.2. The van der Waals surface area contributed by atoms with Crippen LogP contribution in [-0.2, 0) is 5.41 Å². The number of rotatable bonds is 4. The third kappa shape index (κ3) is 3.96. The van der Waals surface area contributed by atoms with Gasteiger partial charge in [0.25, 0.3) is 0 Å². The quantitative estimate of drug-likeness (QED) is 0.187. The number of benzene rings is 8. The van der Waals surface area contributed by atoms with E-state index in [0.717, 1.165) is 67.2 Å². The minimum Gasteiger partial charge on any atom is -0.457 e. The summed E-state index contributed by atoms with van der Waals surface area (Å²) in [4.78, 5) is 2.35. The van der Waals surface area contributed by atoms with Crippen molar-refractivity contribution in [2.24, 2.45) is 0 Å². The van der Waals surface area contributed by atoms with Crippen LogP contribution in [0.4, 0.5) is 17.1 Å². The van der Waals surface area contributed by atoms with Gasteiger partial charge in [-0.2, -0.15) is 0 Å². The van der Waals surface area contributed by atoms with Crippen LogP contribution in [0.25, 0.3) is 44.2 Å². The fraction of sp³-hybridized carbons (Fsp3) is 0.0204. The van der Waals surface area contributed by atoms with Gasteiger partial charge in [0.2, 0.25) is 0 Å². The summed E-state index contributed by atoms with van der Waals surface area (Å²) >= 11 is 0. The molecular weight excluding hydrogens is 635 g/mol. The average Bonchev–Trinajstić information content (AvgIpc) is 3.74. The molecule has 1 spiro atoms. The normalized spacial score (nSPS) is 13.3. The van der Waals surface area contributed by atoms with Crippen LogP contribution in [0, 0.1) is 0 Å². The minimum absolute atomic E-state index is 0.552. The highest BCUT2D eigenvalue weighted by Gasteiger charge is 2.51. The maximum atomic E-state index is 7.04. The number of nitrogens with zero attached hydrogens (tertiary/aromatic N) is 1. The predicted molar refractivity (Wildman–Crippen MR) is 211 cm³/mol. The van der Waals surface area contributed by atoms with Crippen LogP contribution >= 0.6 is 0 Å². The highest BCUT2D eigenvalue weighted by molar-refractivity contribution is 6.18. The van der Waals surface area contributed by atoms with Gasteiger partial charge in [0.1, 0.15) is 22.7 Å². The number of furan rings is 1. The van der Waals surface area contributed by atoms with E-state index in [1.54, 1.807) is 0 Å². The summed E-state index contributed by atoms with van der Waals surface area (Å²) in [6, 6.07) is 66.8. The highest BCUT2D eigenvalue weighted by atomic mass is 16.5. The highest BCUT2D eigenvalue weighted by Crippen LogP contribution is 2.63. The van der Waals surface area contributed by atoms with Gasteiger partial charge in [-0.25, -0.2) is 0 Å². The first kappa shape index (κ1) is 28.9. The second-order valence-electron chi connectivity index (χ2n) is 13.6. The average molecular weight is 666 g/mol. The Morgan fingerprint density at radius 1 is 0.423 bits per heavy atom. The van der Waals surface area contributed by atoms with Gasteiger partial charge in [-0.1, -0.05) is 140 Å². The van der Waals surface area contributed by atoms with Gasteiger partial charge in [0.05, 0.1) is 16.5 Å². The van der Waals surface area contributed by atoms with Crippen molar-refractivity contribution in [1.29, 1.82) is 0 Å². The lowest BCUT2D eigenvalue weighted by Gasteiger charge is -2.39. The van der Waals surface area contributed by atoms with Crippen molar-refractivity contribution in [2.75, 3.05) is 4.90 Å². The maximum absolute atomic E-state index is 7.04. The van der Waals surface area contributed by atoms with Crippen molar-refractivity contribution in [2.45, 2.75) is 5.41 Å². The van der Waals surface area contributed by atoms with Crippen LogP contribution in [-0.4, -0.2) is 0 Å². The Bertz CT molecular complexity index is 2770. The summed E-state index contributed by atoms with van der Waals surface area (Å²) < 4.78 is 13.6. The van der Waals surface area contributed by atoms with E-state index >= 15 is 0 Å². The monoisotopic (exact) mass is 665 g/mol. The van der Waals surface area contributed by atoms with Crippen molar-refractivity contribution in [1.82, 2.24) is 0 Å². The topological polar surface area (TPSA) is 25.6 Å². The van der Waals surface area contributed by atoms with Crippen LogP contribution in [0.3, 0.4) is 0 Å². The summed E-state index contributed by atoms with van der Waals surface area (Å²) in [5.41, 5.74) is 13.9. The van der Waals surface area contributed by atoms with E-state index in [1.807, 2.05) is 0 Å². The molecule has 0 bridgehead atoms. The summed E-state index contributed by atoms with van der Waals surface area (Å²) in [6.45, 7) is 0. The lowest BCUT2D eigenvalue weighted by atomic mass is 9.66. The molecule has 2 heterocycles. The Morgan fingerprint density at radius 3 is 1.75 bits per heavy atom. The molecule has 0 atom stereocenters. The first-order valence-electron chi connectivity index (χ1n) is 17.8. The number of hydrogen-bond acceptors (Lipinski definition) is 3. The third-order valence-electron chi connectivity index (χ3n) is 10.9. The van der Waals surface area contributed by atoms with E-state index in [-0.39, 0.29) is 0 Å². The molecule has 1 aliphatic heterocycles. The Hall–Kier alpha value is -6.84. The van der Waals surface area contributed by atoms with E-state index < -0.39 is 5.41 Å². The SMILES string of the molecule is c1ccc(-c2ccc(N(c3ccccc3)c3cccc4oc5c6c(ccc5c34)C3(c4ccccc4Oc4ccccc43)c3ccccc3-6)cc2)cc1. The second kappa shape index (κ2) is 11.1. The number of para-hydroxylation sites is 3. The Morgan fingerprint density at radius 2 is 1.02 bits per heavy atom. The molecule has 11 rings (SSSR count). The van der Waals surface area contributed by atoms with Crippen LogP contribution in [0.5, 0.6) is 11.5 Å². The molecule has 0 saturated heterocycles. The van der Waals surface area contributed by atoms with Gasteiger partial charge >= 0.3 is 0 Å². The van der Waals surface area contributed by atoms with Crippen LogP contribution in [0.1, 0.15) is 22.3 Å². The minimum atomic E-state index is -0.552. The van der Waals surface area contributed by atoms with Gasteiger partial charge in [-0.15, -0.1) is 0 Å². The zero-order chi connectivity index (χ0) is 34.2. The number of hydrogen-bond donors (Lipinski definition) is 0. The van der Waals surface area contributed by atoms with E-state index in [2.05, 4.69) is 193 Å². The Labute approximate surface area is 301 Å². The lowest BCUT2D eigenvalue weighted by Crippen LogP contribution is -2.32. The number of fused-ring (bicyclic) bond motifs is 13. The molecule has 244 valence electrons. The first-order chi connectivity index (χ1) is 25.8. The lowest BCUT2D eigenvalue weighted by molar-refractivity contribution is 0.436. The summed E-state index contributed by atoms with van der Waals surface area (Å²) in [5, 5.41) is 2.18. The third-order valence-corrected chi connectivity index (χ3v) is 10.9. The molecule has 0 saturated carbocycles. The van der Waals surface area contributed by atoms with Gasteiger partial charge in [0, 0.05) is 33.5 Å². The number of anilines is 3. The van der Waals surface area contributed by atoms with Crippen molar-refractivity contribution in [3.05, 3.63) is 210 Å². The van der Waals surface area contributed by atoms with Gasteiger partial charge < -0.3 is 14.1 Å². The van der Waals surface area contributed by atoms with E-state index in [4.69, 9.17) is 9.15 Å². The molecule has 9 aromatic rings. The van der Waals surface area contributed by atoms with Gasteiger partial charge in [-0.3, -0.25) is 0 Å². The standard InChI is InChI=1S/C49H31NO2/c1-3-14-32(15-4-1)33-26-28-35(29-27-33)50(34-16-5-2-6-17-34)42-22-13-25-45-47(42)37-30-31-41-46(48(37)52-45)36-18-7-8-19-38(36)49(41)39-20-9-11-23-43(39)51-44-24-12-10-21-40(44)49/h1-31H. The largest absolute Gasteiger partial charge is 0.457 e. The Kier molecular flexibility index (Phi) is 6.17. The van der Waals surface area contributed by atoms with Gasteiger partial charge in [-0.05, 0) is 76.3 Å². The summed E-state index contributed by atoms with van der Waals surface area (Å²) in [7, 11) is 0. The smallest absolute Gasteiger partial charge is 0.143 e. The molecule has 3 heteroatoms. The van der Waals surface area contributed by atoms with Crippen molar-refractivity contribution < 1.29 is 9.15 Å². The zero-order valence-corrected chi connectivity index (χ0v) is 28.2. The summed E-state index contributed by atoms with van der Waals surface area (Å²) in [6.07, 6.45) is 0. The molecule has 0 radical (unpaired) electrons. The molecule has 0 fully saturated rings. The fourth-order valence-electron chi connectivity index (χ4n) is 8.82. The van der Waals surface area contributed by atoms with Crippen molar-refractivity contribution in [3.8, 4) is 33.8 Å². The molecule has 52 heavy (non-hydrogen) atoms. The molecular formula is C49H31NO2. The van der Waals surface area contributed by atoms with Crippen LogP contribution < -0.4 is 9.64 Å². The predicted octanol–water partition coefficient (Wildman–Crippen LogP) is 13.2. The van der Waals surface area contributed by atoms with Crippen LogP contribution in [0.15, 0.2) is 192 Å². The molecule has 1 aliphatic carbocycles. The number of ether oxygens (including phenoxy) is 1.